The molecular formula is C12H11ClFN3. The third-order valence-electron chi connectivity index (χ3n) is 2.28. The van der Waals surface area contributed by atoms with Gasteiger partial charge in [-0.3, -0.25) is 4.98 Å². The van der Waals surface area contributed by atoms with Crippen LogP contribution in [0, 0.1) is 5.82 Å². The third-order valence-corrected chi connectivity index (χ3v) is 2.48. The summed E-state index contributed by atoms with van der Waals surface area (Å²) in [6.45, 7) is 0.492. The van der Waals surface area contributed by atoms with Crippen molar-refractivity contribution in [2.75, 3.05) is 11.9 Å². The van der Waals surface area contributed by atoms with Crippen molar-refractivity contribution in [3.05, 3.63) is 53.2 Å². The zero-order valence-electron chi connectivity index (χ0n) is 9.27. The van der Waals surface area contributed by atoms with Gasteiger partial charge >= 0.3 is 0 Å². The first-order chi connectivity index (χ1) is 8.16. The van der Waals surface area contributed by atoms with E-state index in [0.29, 0.717) is 6.54 Å². The van der Waals surface area contributed by atoms with Gasteiger partial charge in [0.05, 0.1) is 17.3 Å². The highest BCUT2D eigenvalue weighted by atomic mass is 35.5. The zero-order valence-corrected chi connectivity index (χ0v) is 10.0. The van der Waals surface area contributed by atoms with E-state index in [0.717, 1.165) is 5.69 Å². The second kappa shape index (κ2) is 5.10. The number of pyridine rings is 2. The molecule has 0 unspecified atom stereocenters. The molecule has 2 aromatic heterocycles. The minimum absolute atomic E-state index is 0.264. The minimum Gasteiger partial charge on any atom is -0.351 e. The van der Waals surface area contributed by atoms with Crippen molar-refractivity contribution < 1.29 is 4.39 Å². The van der Waals surface area contributed by atoms with Crippen LogP contribution in [0.3, 0.4) is 0 Å². The molecule has 2 aromatic rings. The van der Waals surface area contributed by atoms with Crippen molar-refractivity contribution in [2.24, 2.45) is 0 Å². The first kappa shape index (κ1) is 11.8. The minimum atomic E-state index is -0.434. The van der Waals surface area contributed by atoms with Gasteiger partial charge in [-0.2, -0.15) is 0 Å². The van der Waals surface area contributed by atoms with Crippen molar-refractivity contribution in [3.8, 4) is 0 Å². The number of hydrogen-bond acceptors (Lipinski definition) is 3. The number of halogens is 2. The molecular weight excluding hydrogens is 241 g/mol. The van der Waals surface area contributed by atoms with Crippen LogP contribution in [0.15, 0.2) is 36.7 Å². The van der Waals surface area contributed by atoms with E-state index in [9.17, 15) is 4.39 Å². The number of rotatable bonds is 3. The molecule has 0 amide bonds. The highest BCUT2D eigenvalue weighted by Crippen LogP contribution is 2.19. The number of nitrogens with zero attached hydrogens (tertiary/aromatic N) is 3. The van der Waals surface area contributed by atoms with Gasteiger partial charge in [0.2, 0.25) is 0 Å². The molecule has 0 bridgehead atoms. The van der Waals surface area contributed by atoms with E-state index in [-0.39, 0.29) is 10.8 Å². The third kappa shape index (κ3) is 2.91. The van der Waals surface area contributed by atoms with Gasteiger partial charge in [-0.25, -0.2) is 9.37 Å². The van der Waals surface area contributed by atoms with Gasteiger partial charge in [0, 0.05) is 19.4 Å². The van der Waals surface area contributed by atoms with E-state index in [2.05, 4.69) is 9.97 Å². The molecule has 0 saturated carbocycles. The average Bonchev–Trinajstić information content (AvgIpc) is 2.30. The summed E-state index contributed by atoms with van der Waals surface area (Å²) < 4.78 is 13.6. The van der Waals surface area contributed by atoms with Gasteiger partial charge in [0.15, 0.2) is 11.6 Å². The Morgan fingerprint density at radius 2 is 2.18 bits per heavy atom. The maximum atomic E-state index is 13.6. The molecule has 0 saturated heterocycles. The summed E-state index contributed by atoms with van der Waals surface area (Å²) in [4.78, 5) is 9.83. The molecule has 17 heavy (non-hydrogen) atoms. The van der Waals surface area contributed by atoms with Gasteiger partial charge in [0.25, 0.3) is 0 Å². The van der Waals surface area contributed by atoms with Crippen molar-refractivity contribution in [2.45, 2.75) is 6.54 Å². The lowest BCUT2D eigenvalue weighted by Gasteiger charge is -2.18. The maximum Gasteiger partial charge on any atom is 0.167 e. The molecule has 88 valence electrons. The highest BCUT2D eigenvalue weighted by Gasteiger charge is 2.10. The quantitative estimate of drug-likeness (QED) is 0.840. The average molecular weight is 252 g/mol. The fraction of sp³-hybridized carbons (Fsp3) is 0.167. The summed E-state index contributed by atoms with van der Waals surface area (Å²) in [6, 6.07) is 6.86. The summed E-state index contributed by atoms with van der Waals surface area (Å²) in [5.74, 6) is -0.170. The highest BCUT2D eigenvalue weighted by molar-refractivity contribution is 6.30. The van der Waals surface area contributed by atoms with Crippen molar-refractivity contribution in [1.29, 1.82) is 0 Å². The van der Waals surface area contributed by atoms with Crippen molar-refractivity contribution in [1.82, 2.24) is 9.97 Å². The Morgan fingerprint density at radius 3 is 2.82 bits per heavy atom. The second-order valence-corrected chi connectivity index (χ2v) is 4.07. The molecule has 0 aromatic carbocycles. The summed E-state index contributed by atoms with van der Waals surface area (Å²) in [5.41, 5.74) is 0.853. The summed E-state index contributed by atoms with van der Waals surface area (Å²) in [6.07, 6.45) is 3.13. The molecule has 0 spiro atoms. The Hall–Kier alpha value is -1.68. The van der Waals surface area contributed by atoms with Crippen LogP contribution in [0.4, 0.5) is 10.2 Å². The summed E-state index contributed by atoms with van der Waals surface area (Å²) >= 11 is 5.65. The van der Waals surface area contributed by atoms with E-state index in [1.54, 1.807) is 18.1 Å². The summed E-state index contributed by atoms with van der Waals surface area (Å²) in [5, 5.41) is 0.289. The predicted molar refractivity (Wildman–Crippen MR) is 65.5 cm³/mol. The first-order valence-corrected chi connectivity index (χ1v) is 5.46. The van der Waals surface area contributed by atoms with E-state index in [4.69, 9.17) is 11.6 Å². The van der Waals surface area contributed by atoms with Gasteiger partial charge in [-0.1, -0.05) is 17.7 Å². The fourth-order valence-corrected chi connectivity index (χ4v) is 1.64. The smallest absolute Gasteiger partial charge is 0.167 e. The molecule has 2 rings (SSSR count). The maximum absolute atomic E-state index is 13.6. The predicted octanol–water partition coefficient (Wildman–Crippen LogP) is 2.91. The van der Waals surface area contributed by atoms with Crippen LogP contribution in [-0.4, -0.2) is 17.0 Å². The van der Waals surface area contributed by atoms with Crippen LogP contribution in [0.5, 0.6) is 0 Å². The van der Waals surface area contributed by atoms with E-state index in [1.807, 2.05) is 18.2 Å². The number of aromatic nitrogens is 2. The largest absolute Gasteiger partial charge is 0.351 e. The Kier molecular flexibility index (Phi) is 3.54. The second-order valence-electron chi connectivity index (χ2n) is 3.64. The molecule has 0 aliphatic heterocycles. The van der Waals surface area contributed by atoms with Gasteiger partial charge in [0.1, 0.15) is 0 Å². The van der Waals surface area contributed by atoms with Crippen molar-refractivity contribution in [3.63, 3.8) is 0 Å². The van der Waals surface area contributed by atoms with E-state index < -0.39 is 5.82 Å². The Bertz CT molecular complexity index is 504. The van der Waals surface area contributed by atoms with Gasteiger partial charge < -0.3 is 4.90 Å². The van der Waals surface area contributed by atoms with Crippen LogP contribution in [-0.2, 0) is 6.54 Å². The van der Waals surface area contributed by atoms with Crippen LogP contribution < -0.4 is 4.90 Å². The normalized spacial score (nSPS) is 10.3. The summed E-state index contributed by atoms with van der Waals surface area (Å²) in [7, 11) is 1.76. The fourth-order valence-electron chi connectivity index (χ4n) is 1.50. The van der Waals surface area contributed by atoms with Crippen LogP contribution in [0.2, 0.25) is 5.02 Å². The van der Waals surface area contributed by atoms with Crippen LogP contribution >= 0.6 is 11.6 Å². The SMILES string of the molecule is CN(Cc1ccccn1)c1ncc(Cl)cc1F. The Labute approximate surface area is 104 Å². The number of hydrogen-bond donors (Lipinski definition) is 0. The van der Waals surface area contributed by atoms with Crippen LogP contribution in [0.1, 0.15) is 5.69 Å². The molecule has 0 radical (unpaired) electrons. The lowest BCUT2D eigenvalue weighted by Crippen LogP contribution is -2.19. The Morgan fingerprint density at radius 1 is 1.35 bits per heavy atom. The van der Waals surface area contributed by atoms with E-state index >= 15 is 0 Å². The molecule has 5 heteroatoms. The lowest BCUT2D eigenvalue weighted by molar-refractivity contribution is 0.614. The van der Waals surface area contributed by atoms with Crippen LogP contribution in [0.25, 0.3) is 0 Å². The topological polar surface area (TPSA) is 29.0 Å². The molecule has 0 aliphatic rings. The van der Waals surface area contributed by atoms with E-state index in [1.165, 1.54) is 12.3 Å². The molecule has 0 N–H and O–H groups in total. The number of anilines is 1. The Balaban J connectivity index is 2.17. The molecule has 0 atom stereocenters. The molecule has 0 aliphatic carbocycles. The van der Waals surface area contributed by atoms with Gasteiger partial charge in [-0.05, 0) is 18.2 Å². The monoisotopic (exact) mass is 251 g/mol. The van der Waals surface area contributed by atoms with Gasteiger partial charge in [-0.15, -0.1) is 0 Å². The van der Waals surface area contributed by atoms with Crippen molar-refractivity contribution >= 4 is 17.4 Å². The molecule has 2 heterocycles. The molecule has 3 nitrogen and oxygen atoms in total. The first-order valence-electron chi connectivity index (χ1n) is 5.09. The zero-order chi connectivity index (χ0) is 12.3. The lowest BCUT2D eigenvalue weighted by atomic mass is 10.3. The molecule has 0 fully saturated rings. The standard InChI is InChI=1S/C12H11ClFN3/c1-17(8-10-4-2-3-5-15-10)12-11(14)6-9(13)7-16-12/h2-7H,8H2,1H3.